The molecule has 33 heavy (non-hydrogen) atoms. The molecule has 0 radical (unpaired) electrons. The number of amides is 2. The summed E-state index contributed by atoms with van der Waals surface area (Å²) in [6, 6.07) is 12.6. The molecule has 0 spiro atoms. The molecule has 2 N–H and O–H groups in total. The van der Waals surface area contributed by atoms with Gasteiger partial charge >= 0.3 is 6.09 Å². The van der Waals surface area contributed by atoms with Crippen molar-refractivity contribution in [3.8, 4) is 0 Å². The van der Waals surface area contributed by atoms with Crippen molar-refractivity contribution in [1.82, 2.24) is 4.31 Å². The summed E-state index contributed by atoms with van der Waals surface area (Å²) < 4.78 is 32.8. The third-order valence-electron chi connectivity index (χ3n) is 5.36. The zero-order chi connectivity index (χ0) is 24.0. The second kappa shape index (κ2) is 10.8. The largest absolute Gasteiger partial charge is 0.449 e. The average molecular weight is 474 g/mol. The maximum Gasteiger partial charge on any atom is 0.411 e. The summed E-state index contributed by atoms with van der Waals surface area (Å²) >= 11 is 0. The van der Waals surface area contributed by atoms with Crippen molar-refractivity contribution in [3.05, 3.63) is 54.1 Å². The first-order valence-electron chi connectivity index (χ1n) is 11.1. The van der Waals surface area contributed by atoms with Crippen LogP contribution in [0.3, 0.4) is 0 Å². The number of sulfonamides is 1. The Hall–Kier alpha value is -2.91. The summed E-state index contributed by atoms with van der Waals surface area (Å²) in [6.45, 7) is 6.58. The molecule has 0 aromatic heterocycles. The summed E-state index contributed by atoms with van der Waals surface area (Å²) in [6.07, 6.45) is 2.10. The smallest absolute Gasteiger partial charge is 0.411 e. The minimum absolute atomic E-state index is 0.0660. The first-order chi connectivity index (χ1) is 15.7. The molecular formula is C24H31N3O5S. The van der Waals surface area contributed by atoms with E-state index >= 15 is 0 Å². The van der Waals surface area contributed by atoms with Crippen LogP contribution in [-0.2, 0) is 14.8 Å². The van der Waals surface area contributed by atoms with Gasteiger partial charge in [0.15, 0.2) is 0 Å². The molecule has 1 fully saturated rings. The average Bonchev–Trinajstić information content (AvgIpc) is 2.78. The Morgan fingerprint density at radius 3 is 2.45 bits per heavy atom. The van der Waals surface area contributed by atoms with Crippen molar-refractivity contribution < 1.29 is 22.7 Å². The number of anilines is 2. The van der Waals surface area contributed by atoms with Crippen LogP contribution in [0.2, 0.25) is 0 Å². The molecule has 1 atom stereocenters. The van der Waals surface area contributed by atoms with Crippen LogP contribution in [0.25, 0.3) is 0 Å². The molecule has 2 aromatic rings. The van der Waals surface area contributed by atoms with E-state index in [0.717, 1.165) is 19.3 Å². The Balaban J connectivity index is 1.71. The Kier molecular flexibility index (Phi) is 8.10. The zero-order valence-electron chi connectivity index (χ0n) is 19.2. The van der Waals surface area contributed by atoms with Crippen molar-refractivity contribution >= 4 is 33.4 Å². The lowest BCUT2D eigenvalue weighted by molar-refractivity contribution is 0.102. The molecule has 178 valence electrons. The van der Waals surface area contributed by atoms with E-state index in [-0.39, 0.29) is 22.4 Å². The number of benzene rings is 2. The van der Waals surface area contributed by atoms with Crippen molar-refractivity contribution in [1.29, 1.82) is 0 Å². The summed E-state index contributed by atoms with van der Waals surface area (Å²) in [7, 11) is -3.68. The zero-order valence-corrected chi connectivity index (χ0v) is 20.0. The van der Waals surface area contributed by atoms with E-state index in [0.29, 0.717) is 24.5 Å². The number of ether oxygens (including phenoxy) is 1. The van der Waals surface area contributed by atoms with Crippen molar-refractivity contribution in [3.63, 3.8) is 0 Å². The second-order valence-electron chi connectivity index (χ2n) is 8.64. The highest BCUT2D eigenvalue weighted by Crippen LogP contribution is 2.26. The molecule has 9 heteroatoms. The minimum Gasteiger partial charge on any atom is -0.449 e. The quantitative estimate of drug-likeness (QED) is 0.606. The highest BCUT2D eigenvalue weighted by molar-refractivity contribution is 7.89. The van der Waals surface area contributed by atoms with Gasteiger partial charge in [-0.3, -0.25) is 10.1 Å². The van der Waals surface area contributed by atoms with Crippen LogP contribution in [0.1, 0.15) is 50.4 Å². The molecule has 1 aliphatic rings. The van der Waals surface area contributed by atoms with E-state index in [4.69, 9.17) is 4.74 Å². The number of piperidine rings is 1. The molecule has 0 saturated carbocycles. The van der Waals surface area contributed by atoms with Crippen LogP contribution in [-0.4, -0.2) is 43.9 Å². The molecular weight excluding hydrogens is 442 g/mol. The molecule has 1 aliphatic heterocycles. The van der Waals surface area contributed by atoms with E-state index in [1.165, 1.54) is 16.4 Å². The highest BCUT2D eigenvalue weighted by atomic mass is 32.2. The fourth-order valence-electron chi connectivity index (χ4n) is 3.64. The Bertz CT molecular complexity index is 1100. The van der Waals surface area contributed by atoms with Gasteiger partial charge in [0.2, 0.25) is 10.0 Å². The van der Waals surface area contributed by atoms with Gasteiger partial charge in [0.1, 0.15) is 0 Å². The molecule has 0 aliphatic carbocycles. The van der Waals surface area contributed by atoms with Crippen LogP contribution >= 0.6 is 0 Å². The predicted octanol–water partition coefficient (Wildman–Crippen LogP) is 4.71. The fraction of sp³-hybridized carbons (Fsp3) is 0.417. The van der Waals surface area contributed by atoms with Crippen LogP contribution in [0, 0.1) is 5.92 Å². The first-order valence-corrected chi connectivity index (χ1v) is 12.6. The number of nitrogens with zero attached hydrogens (tertiary/aromatic N) is 1. The minimum atomic E-state index is -3.68. The number of hydrogen-bond acceptors (Lipinski definition) is 5. The molecule has 2 amide bonds. The summed E-state index contributed by atoms with van der Waals surface area (Å²) in [5.74, 6) is -0.225. The lowest BCUT2D eigenvalue weighted by Gasteiger charge is -2.32. The molecule has 1 heterocycles. The fourth-order valence-corrected chi connectivity index (χ4v) is 5.38. The third-order valence-corrected chi connectivity index (χ3v) is 7.37. The first kappa shape index (κ1) is 24.7. The lowest BCUT2D eigenvalue weighted by atomic mass is 10.1. The van der Waals surface area contributed by atoms with Crippen molar-refractivity contribution in [2.24, 2.45) is 5.92 Å². The van der Waals surface area contributed by atoms with Gasteiger partial charge in [0, 0.05) is 29.5 Å². The van der Waals surface area contributed by atoms with E-state index in [1.54, 1.807) is 36.4 Å². The summed E-state index contributed by atoms with van der Waals surface area (Å²) in [5, 5.41) is 5.37. The Morgan fingerprint density at radius 2 is 1.76 bits per heavy atom. The predicted molar refractivity (Wildman–Crippen MR) is 128 cm³/mol. The number of rotatable bonds is 7. The van der Waals surface area contributed by atoms with Gasteiger partial charge in [-0.25, -0.2) is 13.2 Å². The maximum absolute atomic E-state index is 13.1. The molecule has 3 rings (SSSR count). The summed E-state index contributed by atoms with van der Waals surface area (Å²) in [4.78, 5) is 24.8. The van der Waals surface area contributed by atoms with E-state index in [2.05, 4.69) is 10.6 Å². The van der Waals surface area contributed by atoms with Crippen molar-refractivity contribution in [2.75, 3.05) is 23.8 Å². The van der Waals surface area contributed by atoms with Gasteiger partial charge < -0.3 is 10.1 Å². The van der Waals surface area contributed by atoms with Gasteiger partial charge in [-0.1, -0.05) is 32.4 Å². The normalized spacial score (nSPS) is 16.9. The SMILES string of the molecule is CC(C)COC(=O)Nc1cccc(NC(=O)c2cccc(S(=O)(=O)N3CCCCC3C)c2)c1. The molecule has 1 saturated heterocycles. The van der Waals surface area contributed by atoms with E-state index in [9.17, 15) is 18.0 Å². The number of carbonyl (C=O) groups excluding carboxylic acids is 2. The number of nitrogens with one attached hydrogen (secondary N) is 2. The Labute approximate surface area is 195 Å². The summed E-state index contributed by atoms with van der Waals surface area (Å²) in [5.41, 5.74) is 1.16. The van der Waals surface area contributed by atoms with Gasteiger partial charge in [-0.05, 0) is 62.1 Å². The Morgan fingerprint density at radius 1 is 1.06 bits per heavy atom. The molecule has 2 aromatic carbocycles. The highest BCUT2D eigenvalue weighted by Gasteiger charge is 2.31. The topological polar surface area (TPSA) is 105 Å². The van der Waals surface area contributed by atoms with Gasteiger partial charge in [0.05, 0.1) is 11.5 Å². The molecule has 1 unspecified atom stereocenters. The van der Waals surface area contributed by atoms with Crippen LogP contribution in [0.5, 0.6) is 0 Å². The standard InChI is InChI=1S/C24H31N3O5S/c1-17(2)16-32-24(29)26-21-11-7-10-20(15-21)25-23(28)19-9-6-12-22(14-19)33(30,31)27-13-5-4-8-18(27)3/h6-7,9-12,14-15,17-18H,4-5,8,13,16H2,1-3H3,(H,25,28)(H,26,29). The lowest BCUT2D eigenvalue weighted by Crippen LogP contribution is -2.41. The molecule has 0 bridgehead atoms. The number of hydrogen-bond donors (Lipinski definition) is 2. The van der Waals surface area contributed by atoms with E-state index < -0.39 is 22.0 Å². The maximum atomic E-state index is 13.1. The van der Waals surface area contributed by atoms with Crippen LogP contribution in [0.15, 0.2) is 53.4 Å². The van der Waals surface area contributed by atoms with Crippen molar-refractivity contribution in [2.45, 2.75) is 51.0 Å². The van der Waals surface area contributed by atoms with Crippen LogP contribution < -0.4 is 10.6 Å². The number of carbonyl (C=O) groups is 2. The molecule has 8 nitrogen and oxygen atoms in total. The monoisotopic (exact) mass is 473 g/mol. The van der Waals surface area contributed by atoms with Gasteiger partial charge in [-0.2, -0.15) is 4.31 Å². The second-order valence-corrected chi connectivity index (χ2v) is 10.5. The third kappa shape index (κ3) is 6.55. The van der Waals surface area contributed by atoms with Gasteiger partial charge in [0.25, 0.3) is 5.91 Å². The van der Waals surface area contributed by atoms with Crippen LogP contribution in [0.4, 0.5) is 16.2 Å². The van der Waals surface area contributed by atoms with E-state index in [1.807, 2.05) is 20.8 Å². The van der Waals surface area contributed by atoms with Gasteiger partial charge in [-0.15, -0.1) is 0 Å².